The number of carbonyl (C=O) groups is 1. The van der Waals surface area contributed by atoms with Crippen LogP contribution in [-0.2, 0) is 9.53 Å². The van der Waals surface area contributed by atoms with Crippen molar-refractivity contribution in [2.75, 3.05) is 6.61 Å². The van der Waals surface area contributed by atoms with Crippen LogP contribution in [0.1, 0.15) is 36.6 Å². The number of esters is 1. The number of nitro benzene ring substituents is 1. The maximum Gasteiger partial charge on any atom is 0.338 e. The largest absolute Gasteiger partial charge is 0.504 e. The number of phenols is 2. The van der Waals surface area contributed by atoms with Gasteiger partial charge in [0.05, 0.1) is 33.4 Å². The molecule has 10 nitrogen and oxygen atoms in total. The highest BCUT2D eigenvalue weighted by atomic mass is 32.1. The molecule has 11 heteroatoms. The van der Waals surface area contributed by atoms with Crippen LogP contribution in [0.5, 0.6) is 11.5 Å². The normalized spacial score (nSPS) is 15.5. The van der Waals surface area contributed by atoms with E-state index in [0.717, 1.165) is 11.3 Å². The Morgan fingerprint density at radius 3 is 2.63 bits per heavy atom. The lowest BCUT2D eigenvalue weighted by atomic mass is 9.94. The zero-order chi connectivity index (χ0) is 25.4. The fourth-order valence-corrected chi connectivity index (χ4v) is 4.93. The van der Waals surface area contributed by atoms with Gasteiger partial charge in [0.2, 0.25) is 0 Å². The molecule has 0 radical (unpaired) electrons. The Hall–Kier alpha value is -4.25. The maximum atomic E-state index is 13.5. The molecule has 35 heavy (non-hydrogen) atoms. The second-order valence-corrected chi connectivity index (χ2v) is 8.86. The number of benzene rings is 2. The summed E-state index contributed by atoms with van der Waals surface area (Å²) in [6.45, 7) is 4.98. The molecule has 1 atom stereocenters. The molecule has 0 fully saturated rings. The summed E-state index contributed by atoms with van der Waals surface area (Å²) in [6, 6.07) is 7.72. The zero-order valence-corrected chi connectivity index (χ0v) is 19.8. The quantitative estimate of drug-likeness (QED) is 0.239. The molecule has 0 aliphatic carbocycles. The average Bonchev–Trinajstić information content (AvgIpc) is 3.10. The summed E-state index contributed by atoms with van der Waals surface area (Å²) in [6.07, 6.45) is 1.53. The maximum absolute atomic E-state index is 13.5. The van der Waals surface area contributed by atoms with Crippen molar-refractivity contribution >= 4 is 29.1 Å². The average molecular weight is 496 g/mol. The van der Waals surface area contributed by atoms with Crippen LogP contribution in [0.4, 0.5) is 5.69 Å². The molecular formula is C24H21N3O7S. The van der Waals surface area contributed by atoms with Crippen molar-refractivity contribution in [3.05, 3.63) is 94.2 Å². The Kier molecular flexibility index (Phi) is 6.27. The molecule has 0 spiro atoms. The molecule has 0 saturated heterocycles. The molecule has 1 aliphatic rings. The van der Waals surface area contributed by atoms with Gasteiger partial charge in [-0.25, -0.2) is 9.79 Å². The molecule has 2 heterocycles. The van der Waals surface area contributed by atoms with Crippen LogP contribution in [0.25, 0.3) is 6.08 Å². The number of fused-ring (bicyclic) bond motifs is 1. The lowest BCUT2D eigenvalue weighted by molar-refractivity contribution is -0.385. The van der Waals surface area contributed by atoms with Crippen LogP contribution < -0.4 is 14.9 Å². The molecule has 1 aliphatic heterocycles. The fraction of sp³-hybridized carbons (Fsp3) is 0.208. The minimum absolute atomic E-state index is 0.102. The van der Waals surface area contributed by atoms with Gasteiger partial charge in [0.15, 0.2) is 16.3 Å². The van der Waals surface area contributed by atoms with Crippen LogP contribution in [-0.4, -0.2) is 32.3 Å². The summed E-state index contributed by atoms with van der Waals surface area (Å²) >= 11 is 1.07. The van der Waals surface area contributed by atoms with E-state index in [1.54, 1.807) is 32.9 Å². The third-order valence-corrected chi connectivity index (χ3v) is 6.54. The number of rotatable bonds is 5. The zero-order valence-electron chi connectivity index (χ0n) is 19.0. The smallest absolute Gasteiger partial charge is 0.338 e. The number of ether oxygens (including phenoxy) is 1. The van der Waals surface area contributed by atoms with E-state index >= 15 is 0 Å². The summed E-state index contributed by atoms with van der Waals surface area (Å²) in [5.74, 6) is -1.30. The monoisotopic (exact) mass is 495 g/mol. The molecule has 0 bridgehead atoms. The lowest BCUT2D eigenvalue weighted by Gasteiger charge is -2.24. The van der Waals surface area contributed by atoms with E-state index < -0.39 is 22.5 Å². The number of carbonyl (C=O) groups excluding carboxylic acids is 1. The molecule has 0 unspecified atom stereocenters. The fourth-order valence-electron chi connectivity index (χ4n) is 3.88. The Labute approximate surface area is 202 Å². The predicted octanol–water partition coefficient (Wildman–Crippen LogP) is 2.43. The van der Waals surface area contributed by atoms with Crippen LogP contribution >= 0.6 is 11.3 Å². The standard InChI is InChI=1S/C24H21N3O7S/c1-4-34-23(31)20-13(3)25-24-26(21(20)15-7-5-12(2)16(11-15)27(32)33)22(30)19(35-24)10-14-6-8-17(28)18(29)9-14/h5-11,21,28-29H,4H2,1-3H3/b19-10+/t21-/m1/s1. The van der Waals surface area contributed by atoms with E-state index in [1.165, 1.54) is 34.9 Å². The highest BCUT2D eigenvalue weighted by Gasteiger charge is 2.34. The first-order valence-electron chi connectivity index (χ1n) is 10.6. The Balaban J connectivity index is 1.99. The first-order valence-corrected chi connectivity index (χ1v) is 11.4. The van der Waals surface area contributed by atoms with Crippen molar-refractivity contribution in [2.24, 2.45) is 4.99 Å². The van der Waals surface area contributed by atoms with Gasteiger partial charge in [-0.1, -0.05) is 29.5 Å². The van der Waals surface area contributed by atoms with Crippen LogP contribution in [0.2, 0.25) is 0 Å². The van der Waals surface area contributed by atoms with Crippen molar-refractivity contribution in [1.29, 1.82) is 0 Å². The number of aromatic nitrogens is 1. The van der Waals surface area contributed by atoms with Gasteiger partial charge in [0.1, 0.15) is 0 Å². The Bertz CT molecular complexity index is 1580. The van der Waals surface area contributed by atoms with E-state index in [4.69, 9.17) is 4.74 Å². The van der Waals surface area contributed by atoms with Crippen LogP contribution in [0, 0.1) is 17.0 Å². The summed E-state index contributed by atoms with van der Waals surface area (Å²) < 4.78 is 6.81. The number of hydrogen-bond acceptors (Lipinski definition) is 9. The van der Waals surface area contributed by atoms with E-state index in [-0.39, 0.29) is 33.9 Å². The first-order chi connectivity index (χ1) is 16.6. The van der Waals surface area contributed by atoms with E-state index in [1.807, 2.05) is 0 Å². The molecule has 0 saturated carbocycles. The summed E-state index contributed by atoms with van der Waals surface area (Å²) in [5, 5.41) is 30.9. The summed E-state index contributed by atoms with van der Waals surface area (Å²) in [5.41, 5.74) is 1.13. The molecule has 3 aromatic rings. The van der Waals surface area contributed by atoms with Crippen molar-refractivity contribution < 1.29 is 24.7 Å². The second-order valence-electron chi connectivity index (χ2n) is 7.85. The van der Waals surface area contributed by atoms with Crippen LogP contribution in [0.15, 0.2) is 57.5 Å². The molecule has 0 amide bonds. The molecule has 180 valence electrons. The third-order valence-electron chi connectivity index (χ3n) is 5.56. The van der Waals surface area contributed by atoms with Gasteiger partial charge >= 0.3 is 5.97 Å². The van der Waals surface area contributed by atoms with Gasteiger partial charge in [-0.05, 0) is 50.1 Å². The van der Waals surface area contributed by atoms with Crippen LogP contribution in [0.3, 0.4) is 0 Å². The molecule has 4 rings (SSSR count). The van der Waals surface area contributed by atoms with E-state index in [9.17, 15) is 29.9 Å². The molecule has 2 aromatic carbocycles. The number of nitrogens with zero attached hydrogens (tertiary/aromatic N) is 3. The topological polar surface area (TPSA) is 144 Å². The van der Waals surface area contributed by atoms with Crippen molar-refractivity contribution in [3.8, 4) is 11.5 Å². The van der Waals surface area contributed by atoms with Gasteiger partial charge in [0.25, 0.3) is 11.2 Å². The number of allylic oxidation sites excluding steroid dienone is 1. The number of nitro groups is 1. The molecular weight excluding hydrogens is 474 g/mol. The minimum Gasteiger partial charge on any atom is -0.504 e. The summed E-state index contributed by atoms with van der Waals surface area (Å²) in [4.78, 5) is 42.3. The highest BCUT2D eigenvalue weighted by molar-refractivity contribution is 7.07. The third kappa shape index (κ3) is 4.33. The summed E-state index contributed by atoms with van der Waals surface area (Å²) in [7, 11) is 0. The Morgan fingerprint density at radius 2 is 1.97 bits per heavy atom. The van der Waals surface area contributed by atoms with Crippen molar-refractivity contribution in [2.45, 2.75) is 26.8 Å². The van der Waals surface area contributed by atoms with Gasteiger partial charge in [0, 0.05) is 11.6 Å². The van der Waals surface area contributed by atoms with Gasteiger partial charge in [-0.2, -0.15) is 0 Å². The molecule has 2 N–H and O–H groups in total. The lowest BCUT2D eigenvalue weighted by Crippen LogP contribution is -2.40. The number of aromatic hydroxyl groups is 2. The number of aryl methyl sites for hydroxylation is 1. The molecule has 1 aromatic heterocycles. The SMILES string of the molecule is CCOC(=O)C1=C(C)N=c2s/c(=C/c3ccc(O)c(O)c3)c(=O)n2[C@@H]1c1ccc(C)c([N+](=O)[O-])c1. The van der Waals surface area contributed by atoms with Gasteiger partial charge in [-0.3, -0.25) is 19.5 Å². The Morgan fingerprint density at radius 1 is 1.23 bits per heavy atom. The number of hydrogen-bond donors (Lipinski definition) is 2. The number of phenolic OH excluding ortho intramolecular Hbond substituents is 2. The first kappa shape index (κ1) is 23.9. The van der Waals surface area contributed by atoms with Crippen molar-refractivity contribution in [1.82, 2.24) is 4.57 Å². The minimum atomic E-state index is -0.986. The highest BCUT2D eigenvalue weighted by Crippen LogP contribution is 2.33. The van der Waals surface area contributed by atoms with Crippen molar-refractivity contribution in [3.63, 3.8) is 0 Å². The number of thiazole rings is 1. The second kappa shape index (κ2) is 9.18. The van der Waals surface area contributed by atoms with E-state index in [2.05, 4.69) is 4.99 Å². The van der Waals surface area contributed by atoms with E-state index in [0.29, 0.717) is 27.2 Å². The van der Waals surface area contributed by atoms with Gasteiger partial charge in [-0.15, -0.1) is 0 Å². The predicted molar refractivity (Wildman–Crippen MR) is 128 cm³/mol. The van der Waals surface area contributed by atoms with Gasteiger partial charge < -0.3 is 14.9 Å².